The van der Waals surface area contributed by atoms with E-state index in [1.165, 1.54) is 12.1 Å². The monoisotopic (exact) mass is 278 g/mol. The lowest BCUT2D eigenvalue weighted by molar-refractivity contribution is -0.384. The molecule has 20 heavy (non-hydrogen) atoms. The third-order valence-electron chi connectivity index (χ3n) is 2.93. The molecule has 0 aliphatic carbocycles. The SMILES string of the molecule is CCC(=O)C(Cc1ccc([N+](=O)[O-])cc1)NC(C)(C)C. The minimum absolute atomic E-state index is 0.0656. The molecule has 0 saturated heterocycles. The van der Waals surface area contributed by atoms with Gasteiger partial charge in [-0.1, -0.05) is 19.1 Å². The number of Topliss-reactive ketones (excluding diaryl/α,β-unsaturated/α-hetero) is 1. The Kier molecular flexibility index (Phi) is 5.39. The van der Waals surface area contributed by atoms with Crippen molar-refractivity contribution in [2.45, 2.75) is 52.1 Å². The van der Waals surface area contributed by atoms with Crippen molar-refractivity contribution >= 4 is 11.5 Å². The molecule has 1 aromatic carbocycles. The van der Waals surface area contributed by atoms with Gasteiger partial charge >= 0.3 is 0 Å². The molecule has 5 nitrogen and oxygen atoms in total. The number of nitro groups is 1. The third-order valence-corrected chi connectivity index (χ3v) is 2.93. The summed E-state index contributed by atoms with van der Waals surface area (Å²) in [6, 6.07) is 6.10. The van der Waals surface area contributed by atoms with Crippen LogP contribution in [0.1, 0.15) is 39.7 Å². The van der Waals surface area contributed by atoms with Crippen LogP contribution in [0.5, 0.6) is 0 Å². The van der Waals surface area contributed by atoms with Gasteiger partial charge in [-0.3, -0.25) is 14.9 Å². The number of hydrogen-bond acceptors (Lipinski definition) is 4. The molecule has 1 N–H and O–H groups in total. The van der Waals surface area contributed by atoms with E-state index in [4.69, 9.17) is 0 Å². The molecule has 5 heteroatoms. The van der Waals surface area contributed by atoms with E-state index in [2.05, 4.69) is 5.32 Å². The number of nitro benzene ring substituents is 1. The highest BCUT2D eigenvalue weighted by molar-refractivity contribution is 5.84. The van der Waals surface area contributed by atoms with Crippen LogP contribution < -0.4 is 5.32 Å². The molecule has 0 fully saturated rings. The second-order valence-corrected chi connectivity index (χ2v) is 5.89. The minimum atomic E-state index is -0.425. The Hall–Kier alpha value is -1.75. The molecule has 0 bridgehead atoms. The lowest BCUT2D eigenvalue weighted by Gasteiger charge is -2.27. The molecular weight excluding hydrogens is 256 g/mol. The number of carbonyl (C=O) groups excluding carboxylic acids is 1. The van der Waals surface area contributed by atoms with E-state index in [0.717, 1.165) is 5.56 Å². The lowest BCUT2D eigenvalue weighted by atomic mass is 9.97. The Morgan fingerprint density at radius 1 is 1.30 bits per heavy atom. The van der Waals surface area contributed by atoms with Gasteiger partial charge in [0, 0.05) is 24.1 Å². The topological polar surface area (TPSA) is 72.2 Å². The molecule has 1 atom stereocenters. The molecule has 0 spiro atoms. The second-order valence-electron chi connectivity index (χ2n) is 5.89. The quantitative estimate of drug-likeness (QED) is 0.641. The van der Waals surface area contributed by atoms with Crippen molar-refractivity contribution in [2.24, 2.45) is 0 Å². The molecule has 110 valence electrons. The van der Waals surface area contributed by atoms with Gasteiger partial charge in [0.2, 0.25) is 0 Å². The molecule has 0 saturated carbocycles. The summed E-state index contributed by atoms with van der Waals surface area (Å²) in [7, 11) is 0. The molecule has 1 unspecified atom stereocenters. The molecule has 0 aromatic heterocycles. The summed E-state index contributed by atoms with van der Waals surface area (Å²) < 4.78 is 0. The van der Waals surface area contributed by atoms with E-state index in [0.29, 0.717) is 12.8 Å². The summed E-state index contributed by atoms with van der Waals surface area (Å²) >= 11 is 0. The Morgan fingerprint density at radius 3 is 2.25 bits per heavy atom. The molecule has 0 heterocycles. The summed E-state index contributed by atoms with van der Waals surface area (Å²) in [5.41, 5.74) is 0.825. The van der Waals surface area contributed by atoms with Crippen molar-refractivity contribution in [3.8, 4) is 0 Å². The number of nitrogens with one attached hydrogen (secondary N) is 1. The Balaban J connectivity index is 2.84. The predicted molar refractivity (Wildman–Crippen MR) is 78.8 cm³/mol. The minimum Gasteiger partial charge on any atom is -0.302 e. The molecule has 1 rings (SSSR count). The maximum Gasteiger partial charge on any atom is 0.269 e. The predicted octanol–water partition coefficient (Wildman–Crippen LogP) is 2.87. The van der Waals surface area contributed by atoms with Gasteiger partial charge in [0.05, 0.1) is 11.0 Å². The van der Waals surface area contributed by atoms with Crippen LogP contribution in [-0.2, 0) is 11.2 Å². The average Bonchev–Trinajstić information content (AvgIpc) is 2.36. The molecule has 1 aromatic rings. The third kappa shape index (κ3) is 5.09. The van der Waals surface area contributed by atoms with Crippen molar-refractivity contribution in [3.05, 3.63) is 39.9 Å². The highest BCUT2D eigenvalue weighted by Gasteiger charge is 2.22. The van der Waals surface area contributed by atoms with Crippen molar-refractivity contribution in [3.63, 3.8) is 0 Å². The lowest BCUT2D eigenvalue weighted by Crippen LogP contribution is -2.48. The van der Waals surface area contributed by atoms with Crippen molar-refractivity contribution < 1.29 is 9.72 Å². The fraction of sp³-hybridized carbons (Fsp3) is 0.533. The van der Waals surface area contributed by atoms with Gasteiger partial charge in [0.25, 0.3) is 5.69 Å². The number of benzene rings is 1. The zero-order valence-electron chi connectivity index (χ0n) is 12.5. The first-order valence-electron chi connectivity index (χ1n) is 6.76. The standard InChI is InChI=1S/C15H22N2O3/c1-5-14(18)13(16-15(2,3)4)10-11-6-8-12(9-7-11)17(19)20/h6-9,13,16H,5,10H2,1-4H3. The average molecular weight is 278 g/mol. The van der Waals surface area contributed by atoms with Gasteiger partial charge in [-0.25, -0.2) is 0 Å². The smallest absolute Gasteiger partial charge is 0.269 e. The van der Waals surface area contributed by atoms with Gasteiger partial charge in [-0.05, 0) is 32.8 Å². The van der Waals surface area contributed by atoms with Crippen LogP contribution in [0.15, 0.2) is 24.3 Å². The maximum atomic E-state index is 12.0. The van der Waals surface area contributed by atoms with Crippen LogP contribution in [0, 0.1) is 10.1 Å². The highest BCUT2D eigenvalue weighted by Crippen LogP contribution is 2.15. The van der Waals surface area contributed by atoms with Gasteiger partial charge in [-0.2, -0.15) is 0 Å². The molecule has 0 aliphatic rings. The first kappa shape index (κ1) is 16.3. The first-order chi connectivity index (χ1) is 9.23. The summed E-state index contributed by atoms with van der Waals surface area (Å²) in [5.74, 6) is 0.151. The number of rotatable bonds is 6. The van der Waals surface area contributed by atoms with Crippen molar-refractivity contribution in [2.75, 3.05) is 0 Å². The molecule has 0 radical (unpaired) electrons. The number of carbonyl (C=O) groups is 1. The van der Waals surface area contributed by atoms with E-state index in [1.807, 2.05) is 27.7 Å². The summed E-state index contributed by atoms with van der Waals surface area (Å²) in [6.45, 7) is 7.88. The van der Waals surface area contributed by atoms with Crippen molar-refractivity contribution in [1.82, 2.24) is 5.32 Å². The van der Waals surface area contributed by atoms with Crippen LogP contribution >= 0.6 is 0 Å². The summed E-state index contributed by atoms with van der Waals surface area (Å²) in [5, 5.41) is 13.9. The maximum absolute atomic E-state index is 12.0. The fourth-order valence-corrected chi connectivity index (χ4v) is 2.00. The fourth-order valence-electron chi connectivity index (χ4n) is 2.00. The molecular formula is C15H22N2O3. The van der Waals surface area contributed by atoms with Gasteiger partial charge in [0.15, 0.2) is 0 Å². The Bertz CT molecular complexity index is 475. The zero-order valence-corrected chi connectivity index (χ0v) is 12.5. The number of non-ortho nitro benzene ring substituents is 1. The van der Waals surface area contributed by atoms with Crippen LogP contribution in [0.25, 0.3) is 0 Å². The normalized spacial score (nSPS) is 13.0. The number of hydrogen-bond donors (Lipinski definition) is 1. The van der Waals surface area contributed by atoms with Crippen LogP contribution in [0.4, 0.5) is 5.69 Å². The van der Waals surface area contributed by atoms with Crippen LogP contribution in [-0.4, -0.2) is 22.3 Å². The van der Waals surface area contributed by atoms with E-state index < -0.39 is 4.92 Å². The highest BCUT2D eigenvalue weighted by atomic mass is 16.6. The van der Waals surface area contributed by atoms with E-state index >= 15 is 0 Å². The van der Waals surface area contributed by atoms with Gasteiger partial charge in [-0.15, -0.1) is 0 Å². The van der Waals surface area contributed by atoms with Gasteiger partial charge < -0.3 is 5.32 Å². The Labute approximate surface area is 119 Å². The number of nitrogens with zero attached hydrogens (tertiary/aromatic N) is 1. The molecule has 0 amide bonds. The largest absolute Gasteiger partial charge is 0.302 e. The Morgan fingerprint density at radius 2 is 1.85 bits per heavy atom. The van der Waals surface area contributed by atoms with Crippen molar-refractivity contribution in [1.29, 1.82) is 0 Å². The zero-order chi connectivity index (χ0) is 15.3. The molecule has 0 aliphatic heterocycles. The summed E-state index contributed by atoms with van der Waals surface area (Å²) in [6.07, 6.45) is 1.02. The van der Waals surface area contributed by atoms with Crippen LogP contribution in [0.2, 0.25) is 0 Å². The van der Waals surface area contributed by atoms with Gasteiger partial charge in [0.1, 0.15) is 5.78 Å². The van der Waals surface area contributed by atoms with Crippen LogP contribution in [0.3, 0.4) is 0 Å². The number of ketones is 1. The van der Waals surface area contributed by atoms with E-state index in [1.54, 1.807) is 12.1 Å². The summed E-state index contributed by atoms with van der Waals surface area (Å²) in [4.78, 5) is 22.2. The first-order valence-corrected chi connectivity index (χ1v) is 6.76. The second kappa shape index (κ2) is 6.61. The van der Waals surface area contributed by atoms with E-state index in [-0.39, 0.29) is 23.1 Å². The van der Waals surface area contributed by atoms with E-state index in [9.17, 15) is 14.9 Å².